The van der Waals surface area contributed by atoms with Gasteiger partial charge in [-0.1, -0.05) is 42.5 Å². The van der Waals surface area contributed by atoms with E-state index in [2.05, 4.69) is 10.6 Å². The number of nitrogens with zero attached hydrogens (tertiary/aromatic N) is 2. The minimum Gasteiger partial charge on any atom is -0.360 e. The molecule has 2 heterocycles. The molecule has 0 spiro atoms. The second-order valence-electron chi connectivity index (χ2n) is 6.66. The summed E-state index contributed by atoms with van der Waals surface area (Å²) >= 11 is 0. The highest BCUT2D eigenvalue weighted by Gasteiger charge is 2.38. The summed E-state index contributed by atoms with van der Waals surface area (Å²) in [5, 5.41) is 5.54. The summed E-state index contributed by atoms with van der Waals surface area (Å²) in [6.07, 6.45) is 0. The van der Waals surface area contributed by atoms with E-state index < -0.39 is 6.04 Å². The van der Waals surface area contributed by atoms with Gasteiger partial charge in [-0.3, -0.25) is 14.5 Å². The summed E-state index contributed by atoms with van der Waals surface area (Å²) in [6.45, 7) is 1.95. The Morgan fingerprint density at radius 3 is 2.41 bits per heavy atom. The fourth-order valence-corrected chi connectivity index (χ4v) is 3.39. The number of anilines is 1. The van der Waals surface area contributed by atoms with Crippen LogP contribution in [0, 0.1) is 0 Å². The van der Waals surface area contributed by atoms with Crippen LogP contribution in [-0.2, 0) is 16.1 Å². The van der Waals surface area contributed by atoms with E-state index in [-0.39, 0.29) is 24.4 Å². The molecule has 2 aromatic rings. The molecule has 0 unspecified atom stereocenters. The van der Waals surface area contributed by atoms with Gasteiger partial charge in [0.15, 0.2) is 0 Å². The van der Waals surface area contributed by atoms with Crippen LogP contribution in [0.2, 0.25) is 0 Å². The lowest BCUT2D eigenvalue weighted by Gasteiger charge is -2.28. The van der Waals surface area contributed by atoms with Gasteiger partial charge in [-0.15, -0.1) is 0 Å². The van der Waals surface area contributed by atoms with Crippen molar-refractivity contribution in [2.45, 2.75) is 12.6 Å². The fourth-order valence-electron chi connectivity index (χ4n) is 3.39. The van der Waals surface area contributed by atoms with Gasteiger partial charge in [0.25, 0.3) is 5.91 Å². The normalized spacial score (nSPS) is 19.9. The molecule has 7 heteroatoms. The average molecular weight is 364 g/mol. The molecule has 4 amide bonds. The quantitative estimate of drug-likeness (QED) is 0.804. The van der Waals surface area contributed by atoms with Gasteiger partial charge in [0.1, 0.15) is 6.04 Å². The van der Waals surface area contributed by atoms with Crippen molar-refractivity contribution in [2.75, 3.05) is 24.5 Å². The number of hydrogen-bond donors (Lipinski definition) is 2. The molecule has 0 aromatic heterocycles. The summed E-state index contributed by atoms with van der Waals surface area (Å²) < 4.78 is 0. The number of rotatable bonds is 4. The first-order valence-electron chi connectivity index (χ1n) is 8.89. The van der Waals surface area contributed by atoms with Crippen LogP contribution in [0.4, 0.5) is 10.5 Å². The maximum Gasteiger partial charge on any atom is 0.325 e. The van der Waals surface area contributed by atoms with Crippen LogP contribution in [0.5, 0.6) is 0 Å². The van der Waals surface area contributed by atoms with Crippen molar-refractivity contribution >= 4 is 23.5 Å². The first-order chi connectivity index (χ1) is 13.1. The molecule has 0 bridgehead atoms. The lowest BCUT2D eigenvalue weighted by molar-refractivity contribution is -0.128. The fraction of sp³-hybridized carbons (Fsp3) is 0.250. The Bertz CT molecular complexity index is 867. The molecule has 1 atom stereocenters. The van der Waals surface area contributed by atoms with Gasteiger partial charge in [-0.05, 0) is 23.3 Å². The maximum atomic E-state index is 12.7. The summed E-state index contributed by atoms with van der Waals surface area (Å²) in [6, 6.07) is 15.8. The van der Waals surface area contributed by atoms with Gasteiger partial charge in [0.2, 0.25) is 5.91 Å². The standard InChI is InChI=1S/C20H20N4O3/c25-17-13-23(11-10-21-17)16-8-6-14(7-9-16)12-24-19(26)18(22-20(24)27)15-4-2-1-3-5-15/h1-9,18H,10-13H2,(H,21,25)(H,22,27)/t18-/m0/s1. The number of imide groups is 1. The smallest absolute Gasteiger partial charge is 0.325 e. The number of benzene rings is 2. The van der Waals surface area contributed by atoms with Crippen molar-refractivity contribution in [3.63, 3.8) is 0 Å². The zero-order valence-corrected chi connectivity index (χ0v) is 14.7. The lowest BCUT2D eigenvalue weighted by atomic mass is 10.1. The Morgan fingerprint density at radius 2 is 1.70 bits per heavy atom. The second-order valence-corrected chi connectivity index (χ2v) is 6.66. The first-order valence-corrected chi connectivity index (χ1v) is 8.89. The number of carbonyl (C=O) groups is 3. The van der Waals surface area contributed by atoms with Crippen molar-refractivity contribution in [1.29, 1.82) is 0 Å². The van der Waals surface area contributed by atoms with E-state index in [0.717, 1.165) is 23.4 Å². The molecule has 2 aliphatic heterocycles. The maximum absolute atomic E-state index is 12.7. The molecule has 2 aromatic carbocycles. The van der Waals surface area contributed by atoms with Crippen LogP contribution in [-0.4, -0.2) is 42.4 Å². The van der Waals surface area contributed by atoms with E-state index in [9.17, 15) is 14.4 Å². The van der Waals surface area contributed by atoms with E-state index in [4.69, 9.17) is 0 Å². The molecule has 2 aliphatic rings. The second kappa shape index (κ2) is 7.11. The van der Waals surface area contributed by atoms with Crippen LogP contribution >= 0.6 is 0 Å². The third-order valence-corrected chi connectivity index (χ3v) is 4.84. The summed E-state index contributed by atoms with van der Waals surface area (Å²) in [7, 11) is 0. The zero-order chi connectivity index (χ0) is 18.8. The van der Waals surface area contributed by atoms with Crippen LogP contribution in [0.25, 0.3) is 0 Å². The topological polar surface area (TPSA) is 81.8 Å². The van der Waals surface area contributed by atoms with Crippen LogP contribution < -0.4 is 15.5 Å². The Labute approximate surface area is 157 Å². The van der Waals surface area contributed by atoms with Crippen LogP contribution in [0.15, 0.2) is 54.6 Å². The van der Waals surface area contributed by atoms with E-state index in [1.165, 1.54) is 4.90 Å². The Hall–Kier alpha value is -3.35. The molecule has 0 aliphatic carbocycles. The number of amides is 4. The Kier molecular flexibility index (Phi) is 4.50. The van der Waals surface area contributed by atoms with Crippen molar-refractivity contribution in [1.82, 2.24) is 15.5 Å². The molecule has 2 fully saturated rings. The van der Waals surface area contributed by atoms with E-state index in [1.807, 2.05) is 59.5 Å². The zero-order valence-electron chi connectivity index (χ0n) is 14.7. The number of hydrogen-bond acceptors (Lipinski definition) is 4. The minimum absolute atomic E-state index is 0.0108. The van der Waals surface area contributed by atoms with Crippen LogP contribution in [0.1, 0.15) is 17.2 Å². The predicted octanol–water partition coefficient (Wildman–Crippen LogP) is 1.42. The van der Waals surface area contributed by atoms with Gasteiger partial charge < -0.3 is 15.5 Å². The predicted molar refractivity (Wildman–Crippen MR) is 99.9 cm³/mol. The van der Waals surface area contributed by atoms with E-state index in [0.29, 0.717) is 13.1 Å². The van der Waals surface area contributed by atoms with Gasteiger partial charge in [0.05, 0.1) is 13.1 Å². The molecule has 0 radical (unpaired) electrons. The van der Waals surface area contributed by atoms with Crippen molar-refractivity contribution in [3.05, 3.63) is 65.7 Å². The number of nitrogens with one attached hydrogen (secondary N) is 2. The number of piperazine rings is 1. The van der Waals surface area contributed by atoms with Gasteiger partial charge in [-0.2, -0.15) is 0 Å². The third kappa shape index (κ3) is 3.48. The highest BCUT2D eigenvalue weighted by molar-refractivity contribution is 6.04. The molecule has 0 saturated carbocycles. The molecular formula is C20H20N4O3. The van der Waals surface area contributed by atoms with E-state index >= 15 is 0 Å². The Morgan fingerprint density at radius 1 is 0.963 bits per heavy atom. The summed E-state index contributed by atoms with van der Waals surface area (Å²) in [4.78, 5) is 39.7. The Balaban J connectivity index is 1.45. The average Bonchev–Trinajstić information content (AvgIpc) is 2.97. The number of urea groups is 1. The molecular weight excluding hydrogens is 344 g/mol. The third-order valence-electron chi connectivity index (χ3n) is 4.84. The first kappa shape index (κ1) is 17.1. The molecule has 2 saturated heterocycles. The SMILES string of the molecule is O=C1CN(c2ccc(CN3C(=O)N[C@@H](c4ccccc4)C3=O)cc2)CCN1. The van der Waals surface area contributed by atoms with Crippen LogP contribution in [0.3, 0.4) is 0 Å². The monoisotopic (exact) mass is 364 g/mol. The van der Waals surface area contributed by atoms with E-state index in [1.54, 1.807) is 0 Å². The largest absolute Gasteiger partial charge is 0.360 e. The molecule has 7 nitrogen and oxygen atoms in total. The molecule has 4 rings (SSSR count). The molecule has 138 valence electrons. The van der Waals surface area contributed by atoms with Crippen molar-refractivity contribution in [2.24, 2.45) is 0 Å². The van der Waals surface area contributed by atoms with Crippen molar-refractivity contribution in [3.8, 4) is 0 Å². The highest BCUT2D eigenvalue weighted by atomic mass is 16.2. The lowest BCUT2D eigenvalue weighted by Crippen LogP contribution is -2.47. The van der Waals surface area contributed by atoms with Gasteiger partial charge in [0, 0.05) is 18.8 Å². The minimum atomic E-state index is -0.634. The highest BCUT2D eigenvalue weighted by Crippen LogP contribution is 2.24. The number of carbonyl (C=O) groups excluding carboxylic acids is 3. The van der Waals surface area contributed by atoms with Gasteiger partial charge in [-0.25, -0.2) is 4.79 Å². The van der Waals surface area contributed by atoms with Gasteiger partial charge >= 0.3 is 6.03 Å². The summed E-state index contributed by atoms with van der Waals surface area (Å²) in [5.41, 5.74) is 2.59. The summed E-state index contributed by atoms with van der Waals surface area (Å²) in [5.74, 6) is -0.236. The van der Waals surface area contributed by atoms with Crippen molar-refractivity contribution < 1.29 is 14.4 Å². The molecule has 2 N–H and O–H groups in total. The molecule has 27 heavy (non-hydrogen) atoms.